The molecular formula is C17H17BrN8O. The van der Waals surface area contributed by atoms with Gasteiger partial charge >= 0.3 is 0 Å². The fraction of sp³-hybridized carbons (Fsp3) is 0.294. The van der Waals surface area contributed by atoms with Gasteiger partial charge in [-0.25, -0.2) is 4.98 Å². The van der Waals surface area contributed by atoms with Crippen LogP contribution < -0.4 is 10.2 Å². The second kappa shape index (κ2) is 6.78. The van der Waals surface area contributed by atoms with E-state index in [9.17, 15) is 0 Å². The van der Waals surface area contributed by atoms with Crippen molar-refractivity contribution in [2.75, 3.05) is 36.5 Å². The number of hydrogen-bond acceptors (Lipinski definition) is 7. The Morgan fingerprint density at radius 2 is 2.00 bits per heavy atom. The second-order valence-corrected chi connectivity index (χ2v) is 7.08. The molecule has 9 nitrogen and oxygen atoms in total. The predicted molar refractivity (Wildman–Crippen MR) is 105 cm³/mol. The van der Waals surface area contributed by atoms with Crippen LogP contribution in [0.1, 0.15) is 5.82 Å². The van der Waals surface area contributed by atoms with E-state index in [1.54, 1.807) is 10.7 Å². The first-order chi connectivity index (χ1) is 13.3. The largest absolute Gasteiger partial charge is 0.378 e. The molecule has 1 fully saturated rings. The first kappa shape index (κ1) is 16.5. The van der Waals surface area contributed by atoms with E-state index in [-0.39, 0.29) is 0 Å². The van der Waals surface area contributed by atoms with Gasteiger partial charge in [-0.2, -0.15) is 19.6 Å². The molecule has 2 N–H and O–H groups in total. The van der Waals surface area contributed by atoms with Gasteiger partial charge in [-0.3, -0.25) is 0 Å². The van der Waals surface area contributed by atoms with E-state index >= 15 is 0 Å². The van der Waals surface area contributed by atoms with E-state index in [0.717, 1.165) is 40.1 Å². The minimum atomic E-state index is 0.501. The lowest BCUT2D eigenvalue weighted by atomic mass is 10.3. The molecule has 0 radical (unpaired) electrons. The number of para-hydroxylation sites is 2. The Balaban J connectivity index is 1.47. The van der Waals surface area contributed by atoms with Gasteiger partial charge in [-0.1, -0.05) is 12.1 Å². The highest BCUT2D eigenvalue weighted by molar-refractivity contribution is 9.10. The molecule has 5 rings (SSSR count). The van der Waals surface area contributed by atoms with Crippen molar-refractivity contribution in [3.8, 4) is 0 Å². The summed E-state index contributed by atoms with van der Waals surface area (Å²) in [4.78, 5) is 19.4. The van der Waals surface area contributed by atoms with Crippen LogP contribution in [0.15, 0.2) is 34.9 Å². The van der Waals surface area contributed by atoms with Crippen LogP contribution in [-0.2, 0) is 11.3 Å². The zero-order chi connectivity index (χ0) is 18.2. The lowest BCUT2D eigenvalue weighted by Gasteiger charge is -2.27. The number of anilines is 2. The van der Waals surface area contributed by atoms with Gasteiger partial charge in [0, 0.05) is 13.1 Å². The molecule has 0 spiro atoms. The summed E-state index contributed by atoms with van der Waals surface area (Å²) in [5.74, 6) is 2.12. The van der Waals surface area contributed by atoms with Gasteiger partial charge in [0.15, 0.2) is 5.65 Å². The van der Waals surface area contributed by atoms with E-state index < -0.39 is 0 Å². The van der Waals surface area contributed by atoms with Crippen LogP contribution in [0.4, 0.5) is 11.9 Å². The zero-order valence-corrected chi connectivity index (χ0v) is 16.0. The molecule has 10 heteroatoms. The van der Waals surface area contributed by atoms with Crippen LogP contribution >= 0.6 is 15.9 Å². The molecule has 4 aromatic rings. The van der Waals surface area contributed by atoms with E-state index in [1.165, 1.54) is 0 Å². The Morgan fingerprint density at radius 3 is 2.85 bits per heavy atom. The van der Waals surface area contributed by atoms with Crippen molar-refractivity contribution in [1.29, 1.82) is 0 Å². The van der Waals surface area contributed by atoms with Gasteiger partial charge in [0.25, 0.3) is 0 Å². The van der Waals surface area contributed by atoms with Crippen LogP contribution in [0.3, 0.4) is 0 Å². The van der Waals surface area contributed by atoms with Crippen LogP contribution in [0.5, 0.6) is 0 Å². The molecule has 27 heavy (non-hydrogen) atoms. The maximum absolute atomic E-state index is 5.43. The average Bonchev–Trinajstić information content (AvgIpc) is 3.30. The molecule has 0 unspecified atom stereocenters. The van der Waals surface area contributed by atoms with Gasteiger partial charge in [0.2, 0.25) is 11.9 Å². The molecule has 1 aliphatic heterocycles. The van der Waals surface area contributed by atoms with Gasteiger partial charge in [-0.15, -0.1) is 0 Å². The zero-order valence-electron chi connectivity index (χ0n) is 14.4. The monoisotopic (exact) mass is 428 g/mol. The lowest BCUT2D eigenvalue weighted by molar-refractivity contribution is 0.122. The molecule has 0 aliphatic carbocycles. The molecule has 1 saturated heterocycles. The molecule has 1 aliphatic rings. The smallest absolute Gasteiger partial charge is 0.230 e. The summed E-state index contributed by atoms with van der Waals surface area (Å²) in [7, 11) is 0. The van der Waals surface area contributed by atoms with Crippen molar-refractivity contribution in [3.05, 3.63) is 40.8 Å². The third kappa shape index (κ3) is 3.10. The second-order valence-electron chi connectivity index (χ2n) is 6.23. The molecule has 1 aromatic carbocycles. The highest BCUT2D eigenvalue weighted by Crippen LogP contribution is 2.22. The van der Waals surface area contributed by atoms with Gasteiger partial charge in [-0.05, 0) is 28.1 Å². The number of benzene rings is 1. The molecule has 0 bridgehead atoms. The van der Waals surface area contributed by atoms with Crippen molar-refractivity contribution in [2.24, 2.45) is 0 Å². The number of halogens is 1. The fourth-order valence-electron chi connectivity index (χ4n) is 3.11. The van der Waals surface area contributed by atoms with Crippen molar-refractivity contribution in [1.82, 2.24) is 29.5 Å². The number of aromatic nitrogens is 6. The lowest BCUT2D eigenvalue weighted by Crippen LogP contribution is -2.37. The SMILES string of the molecule is Brc1cnn2c(NCc3nc4ccccc4[nH]3)nc(N3CCOCC3)nc12. The van der Waals surface area contributed by atoms with Crippen molar-refractivity contribution >= 4 is 44.5 Å². The Kier molecular flexibility index (Phi) is 4.13. The Labute approximate surface area is 162 Å². The number of H-pyrrole nitrogens is 1. The van der Waals surface area contributed by atoms with E-state index in [2.05, 4.69) is 46.2 Å². The summed E-state index contributed by atoms with van der Waals surface area (Å²) >= 11 is 3.52. The summed E-state index contributed by atoms with van der Waals surface area (Å²) in [6, 6.07) is 7.96. The summed E-state index contributed by atoms with van der Waals surface area (Å²) in [5.41, 5.74) is 2.68. The fourth-order valence-corrected chi connectivity index (χ4v) is 3.46. The van der Waals surface area contributed by atoms with E-state index in [1.807, 2.05) is 24.3 Å². The molecule has 0 saturated carbocycles. The summed E-state index contributed by atoms with van der Waals surface area (Å²) in [6.07, 6.45) is 1.72. The van der Waals surface area contributed by atoms with Gasteiger partial charge in [0.1, 0.15) is 5.82 Å². The van der Waals surface area contributed by atoms with Gasteiger partial charge < -0.3 is 19.9 Å². The molecule has 0 amide bonds. The molecule has 138 valence electrons. The molecular weight excluding hydrogens is 412 g/mol. The molecule has 0 atom stereocenters. The van der Waals surface area contributed by atoms with Crippen molar-refractivity contribution in [3.63, 3.8) is 0 Å². The summed E-state index contributed by atoms with van der Waals surface area (Å²) in [5, 5.41) is 7.70. The summed E-state index contributed by atoms with van der Waals surface area (Å²) < 4.78 is 7.95. The number of imidazole rings is 1. The number of nitrogens with zero attached hydrogens (tertiary/aromatic N) is 6. The number of fused-ring (bicyclic) bond motifs is 2. The molecule has 4 heterocycles. The number of morpholine rings is 1. The maximum Gasteiger partial charge on any atom is 0.230 e. The normalized spacial score (nSPS) is 14.9. The average molecular weight is 429 g/mol. The van der Waals surface area contributed by atoms with Crippen molar-refractivity contribution < 1.29 is 4.74 Å². The predicted octanol–water partition coefficient (Wildman–Crippen LogP) is 2.21. The number of hydrogen-bond donors (Lipinski definition) is 2. The van der Waals surface area contributed by atoms with E-state index in [4.69, 9.17) is 9.72 Å². The quantitative estimate of drug-likeness (QED) is 0.514. The highest BCUT2D eigenvalue weighted by Gasteiger charge is 2.18. The Bertz CT molecular complexity index is 1070. The third-order valence-corrected chi connectivity index (χ3v) is 5.02. The van der Waals surface area contributed by atoms with Gasteiger partial charge in [0.05, 0.1) is 41.5 Å². The minimum Gasteiger partial charge on any atom is -0.378 e. The highest BCUT2D eigenvalue weighted by atomic mass is 79.9. The number of ether oxygens (including phenoxy) is 1. The van der Waals surface area contributed by atoms with Crippen LogP contribution in [0.25, 0.3) is 16.7 Å². The molecule has 3 aromatic heterocycles. The standard InChI is InChI=1S/C17H17BrN8O/c18-11-9-20-26-15(11)23-17(25-5-7-27-8-6-25)24-16(26)19-10-14-21-12-3-1-2-4-13(12)22-14/h1-4,9H,5-8,10H2,(H,21,22)(H,19,23,24). The number of aromatic amines is 1. The van der Waals surface area contributed by atoms with Crippen molar-refractivity contribution in [2.45, 2.75) is 6.54 Å². The topological polar surface area (TPSA) is 96.3 Å². The first-order valence-electron chi connectivity index (χ1n) is 8.69. The van der Waals surface area contributed by atoms with Crippen LogP contribution in [-0.4, -0.2) is 55.9 Å². The van der Waals surface area contributed by atoms with Crippen LogP contribution in [0, 0.1) is 0 Å². The van der Waals surface area contributed by atoms with Crippen LogP contribution in [0.2, 0.25) is 0 Å². The number of nitrogens with one attached hydrogen (secondary N) is 2. The maximum atomic E-state index is 5.43. The van der Waals surface area contributed by atoms with E-state index in [0.29, 0.717) is 31.7 Å². The third-order valence-electron chi connectivity index (χ3n) is 4.46. The Morgan fingerprint density at radius 1 is 1.15 bits per heavy atom. The Hall–Kier alpha value is -2.72. The first-order valence-corrected chi connectivity index (χ1v) is 9.49. The summed E-state index contributed by atoms with van der Waals surface area (Å²) in [6.45, 7) is 3.39. The number of rotatable bonds is 4. The minimum absolute atomic E-state index is 0.501.